The van der Waals surface area contributed by atoms with Crippen LogP contribution in [0.4, 0.5) is 4.79 Å². The quantitative estimate of drug-likeness (QED) is 0.363. The first-order valence-electron chi connectivity index (χ1n) is 11.5. The summed E-state index contributed by atoms with van der Waals surface area (Å²) < 4.78 is 7.96. The fraction of sp³-hybridized carbons (Fsp3) is 0.652. The average Bonchev–Trinajstić information content (AvgIpc) is 2.77. The number of carbonyl (C=O) groups excluding carboxylic acids is 2. The Balaban J connectivity index is 1.79. The Morgan fingerprint density at radius 2 is 1.88 bits per heavy atom. The van der Waals surface area contributed by atoms with Gasteiger partial charge in [0.15, 0.2) is 0 Å². The van der Waals surface area contributed by atoms with Crippen molar-refractivity contribution in [3.63, 3.8) is 0 Å². The molecular formula is C23H34Br2N4O4. The van der Waals surface area contributed by atoms with E-state index in [9.17, 15) is 9.59 Å². The van der Waals surface area contributed by atoms with Crippen molar-refractivity contribution < 1.29 is 19.4 Å². The van der Waals surface area contributed by atoms with Crippen LogP contribution < -0.4 is 15.4 Å². The standard InChI is InChI=1S/C23H34Br2N4O4/c1-14(2)12-29-21-20(22(31)28(3)23(29)32)26-17(7-5-4-6-10-30)18(27-21)13-33-19-9-8-15(24)11-16(19)25/h8-9,11,14,17-18,20-21,26-27,30H,4-7,10,12-13H2,1-3H3. The molecule has 184 valence electrons. The normalized spacial score (nSPS) is 25.5. The third-order valence-corrected chi connectivity index (χ3v) is 7.21. The van der Waals surface area contributed by atoms with E-state index in [4.69, 9.17) is 9.84 Å². The van der Waals surface area contributed by atoms with E-state index in [0.29, 0.717) is 13.2 Å². The maximum Gasteiger partial charge on any atom is 0.327 e. The van der Waals surface area contributed by atoms with E-state index in [-0.39, 0.29) is 36.5 Å². The van der Waals surface area contributed by atoms with Gasteiger partial charge in [0.05, 0.1) is 10.5 Å². The van der Waals surface area contributed by atoms with E-state index in [0.717, 1.165) is 40.4 Å². The highest BCUT2D eigenvalue weighted by Gasteiger charge is 2.50. The van der Waals surface area contributed by atoms with Gasteiger partial charge in [-0.1, -0.05) is 42.6 Å². The van der Waals surface area contributed by atoms with Crippen molar-refractivity contribution >= 4 is 43.8 Å². The molecule has 1 aromatic carbocycles. The van der Waals surface area contributed by atoms with Crippen LogP contribution in [0.1, 0.15) is 39.5 Å². The van der Waals surface area contributed by atoms with Gasteiger partial charge in [-0.3, -0.25) is 20.3 Å². The van der Waals surface area contributed by atoms with Crippen molar-refractivity contribution in [2.75, 3.05) is 26.8 Å². The molecule has 2 heterocycles. The monoisotopic (exact) mass is 588 g/mol. The number of ether oxygens (including phenoxy) is 1. The second-order valence-electron chi connectivity index (χ2n) is 9.15. The fourth-order valence-corrected chi connectivity index (χ4v) is 5.58. The molecule has 2 saturated heterocycles. The van der Waals surface area contributed by atoms with Gasteiger partial charge in [0.2, 0.25) is 0 Å². The lowest BCUT2D eigenvalue weighted by molar-refractivity contribution is -0.138. The Bertz CT molecular complexity index is 841. The summed E-state index contributed by atoms with van der Waals surface area (Å²) in [6.45, 7) is 5.24. The molecule has 0 aromatic heterocycles. The summed E-state index contributed by atoms with van der Waals surface area (Å²) in [5, 5.41) is 16.2. The molecule has 4 atom stereocenters. The van der Waals surface area contributed by atoms with Gasteiger partial charge in [-0.25, -0.2) is 4.79 Å². The number of nitrogens with zero attached hydrogens (tertiary/aromatic N) is 2. The molecule has 2 fully saturated rings. The smallest absolute Gasteiger partial charge is 0.327 e. The largest absolute Gasteiger partial charge is 0.491 e. The molecule has 0 bridgehead atoms. The molecule has 3 amide bonds. The predicted molar refractivity (Wildman–Crippen MR) is 134 cm³/mol. The number of amides is 3. The molecule has 33 heavy (non-hydrogen) atoms. The highest BCUT2D eigenvalue weighted by Crippen LogP contribution is 2.29. The second-order valence-corrected chi connectivity index (χ2v) is 10.9. The topological polar surface area (TPSA) is 94.1 Å². The third kappa shape index (κ3) is 6.48. The Kier molecular flexibility index (Phi) is 9.58. The van der Waals surface area contributed by atoms with Gasteiger partial charge in [0.1, 0.15) is 24.6 Å². The minimum absolute atomic E-state index is 0.00869. The van der Waals surface area contributed by atoms with Crippen molar-refractivity contribution in [3.8, 4) is 5.75 Å². The van der Waals surface area contributed by atoms with Crippen molar-refractivity contribution in [3.05, 3.63) is 27.1 Å². The number of benzene rings is 1. The van der Waals surface area contributed by atoms with Crippen LogP contribution in [0, 0.1) is 5.92 Å². The lowest BCUT2D eigenvalue weighted by Crippen LogP contribution is -2.79. The number of rotatable bonds is 10. The first-order valence-corrected chi connectivity index (χ1v) is 13.1. The van der Waals surface area contributed by atoms with E-state index < -0.39 is 12.2 Å². The van der Waals surface area contributed by atoms with Crippen molar-refractivity contribution in [2.24, 2.45) is 5.92 Å². The van der Waals surface area contributed by atoms with E-state index in [2.05, 4.69) is 56.3 Å². The molecule has 0 radical (unpaired) electrons. The number of piperazine rings is 1. The number of carbonyl (C=O) groups is 2. The summed E-state index contributed by atoms with van der Waals surface area (Å²) in [7, 11) is 1.55. The van der Waals surface area contributed by atoms with Crippen LogP contribution in [0.25, 0.3) is 0 Å². The molecule has 2 aliphatic heterocycles. The maximum absolute atomic E-state index is 13.0. The summed E-state index contributed by atoms with van der Waals surface area (Å²) in [4.78, 5) is 28.9. The van der Waals surface area contributed by atoms with Crippen LogP contribution in [0.2, 0.25) is 0 Å². The van der Waals surface area contributed by atoms with Gasteiger partial charge in [-0.2, -0.15) is 0 Å². The number of urea groups is 1. The van der Waals surface area contributed by atoms with E-state index in [1.54, 1.807) is 11.9 Å². The summed E-state index contributed by atoms with van der Waals surface area (Å²) in [5.41, 5.74) is 0. The number of aliphatic hydroxyl groups is 1. The van der Waals surface area contributed by atoms with E-state index >= 15 is 0 Å². The highest BCUT2D eigenvalue weighted by molar-refractivity contribution is 9.11. The number of unbranched alkanes of at least 4 members (excludes halogenated alkanes) is 2. The van der Waals surface area contributed by atoms with E-state index in [1.807, 2.05) is 18.2 Å². The molecule has 8 nitrogen and oxygen atoms in total. The number of hydrogen-bond acceptors (Lipinski definition) is 6. The SMILES string of the molecule is CC(C)CN1C(=O)N(C)C(=O)C2NC(CCCCCO)C(COc3ccc(Br)cc3Br)NC21. The van der Waals surface area contributed by atoms with Gasteiger partial charge in [-0.15, -0.1) is 0 Å². The van der Waals surface area contributed by atoms with Crippen LogP contribution in [0.15, 0.2) is 27.1 Å². The Labute approximate surface area is 212 Å². The molecular weight excluding hydrogens is 556 g/mol. The molecule has 3 rings (SSSR count). The number of imide groups is 1. The van der Waals surface area contributed by atoms with Gasteiger partial charge in [0.25, 0.3) is 5.91 Å². The fourth-order valence-electron chi connectivity index (χ4n) is 4.42. The van der Waals surface area contributed by atoms with Gasteiger partial charge in [0, 0.05) is 30.7 Å². The molecule has 2 aliphatic rings. The lowest BCUT2D eigenvalue weighted by atomic mass is 9.93. The van der Waals surface area contributed by atoms with Crippen LogP contribution in [-0.4, -0.2) is 77.9 Å². The lowest BCUT2D eigenvalue weighted by Gasteiger charge is -2.51. The summed E-state index contributed by atoms with van der Waals surface area (Å²) in [6, 6.07) is 4.86. The van der Waals surface area contributed by atoms with Gasteiger partial charge >= 0.3 is 6.03 Å². The number of aliphatic hydroxyl groups excluding tert-OH is 1. The summed E-state index contributed by atoms with van der Waals surface area (Å²) in [6.07, 6.45) is 3.01. The van der Waals surface area contributed by atoms with Gasteiger partial charge < -0.3 is 14.7 Å². The number of nitrogens with one attached hydrogen (secondary N) is 2. The van der Waals surface area contributed by atoms with Crippen molar-refractivity contribution in [2.45, 2.75) is 63.8 Å². The van der Waals surface area contributed by atoms with E-state index in [1.165, 1.54) is 4.90 Å². The van der Waals surface area contributed by atoms with Crippen molar-refractivity contribution in [1.29, 1.82) is 0 Å². The third-order valence-electron chi connectivity index (χ3n) is 6.09. The minimum Gasteiger partial charge on any atom is -0.491 e. The molecule has 3 N–H and O–H groups in total. The van der Waals surface area contributed by atoms with Crippen LogP contribution in [0.3, 0.4) is 0 Å². The Morgan fingerprint density at radius 1 is 1.12 bits per heavy atom. The Morgan fingerprint density at radius 3 is 2.55 bits per heavy atom. The maximum atomic E-state index is 13.0. The Hall–Kier alpha value is -1.20. The molecule has 4 unspecified atom stereocenters. The number of likely N-dealkylation sites (N-methyl/N-ethyl adjacent to an activating group) is 1. The van der Waals surface area contributed by atoms with Crippen LogP contribution >= 0.6 is 31.9 Å². The minimum atomic E-state index is -0.509. The zero-order chi connectivity index (χ0) is 24.1. The zero-order valence-corrected chi connectivity index (χ0v) is 22.6. The van der Waals surface area contributed by atoms with Crippen molar-refractivity contribution in [1.82, 2.24) is 20.4 Å². The zero-order valence-electron chi connectivity index (χ0n) is 19.4. The first-order chi connectivity index (χ1) is 15.7. The second kappa shape index (κ2) is 12.0. The van der Waals surface area contributed by atoms with Crippen LogP contribution in [-0.2, 0) is 4.79 Å². The van der Waals surface area contributed by atoms with Crippen LogP contribution in [0.5, 0.6) is 5.75 Å². The number of fused-ring (bicyclic) bond motifs is 1. The van der Waals surface area contributed by atoms with Gasteiger partial charge in [-0.05, 0) is 52.9 Å². The molecule has 0 aliphatic carbocycles. The average molecular weight is 590 g/mol. The predicted octanol–water partition coefficient (Wildman–Crippen LogP) is 3.32. The number of halogens is 2. The molecule has 0 spiro atoms. The first kappa shape index (κ1) is 26.4. The summed E-state index contributed by atoms with van der Waals surface area (Å²) >= 11 is 7.00. The number of hydrogen-bond donors (Lipinski definition) is 3. The molecule has 1 aromatic rings. The summed E-state index contributed by atoms with van der Waals surface area (Å²) in [5.74, 6) is 0.784. The molecule has 0 saturated carbocycles. The molecule has 10 heteroatoms. The highest BCUT2D eigenvalue weighted by atomic mass is 79.9.